The molecule has 0 bridgehead atoms. The lowest BCUT2D eigenvalue weighted by atomic mass is 9.83. The molecule has 0 unspecified atom stereocenters. The zero-order chi connectivity index (χ0) is 24.9. The molecule has 1 saturated heterocycles. The zero-order valence-corrected chi connectivity index (χ0v) is 21.1. The number of ether oxygens (including phenoxy) is 2. The fourth-order valence-electron chi connectivity index (χ4n) is 4.39. The molecule has 34 heavy (non-hydrogen) atoms. The molecule has 3 rings (SSSR count). The van der Waals surface area contributed by atoms with Crippen molar-refractivity contribution in [3.05, 3.63) is 64.7 Å². The van der Waals surface area contributed by atoms with Crippen LogP contribution in [0.4, 0.5) is 0 Å². The first kappa shape index (κ1) is 26.2. The lowest BCUT2D eigenvalue weighted by molar-refractivity contribution is -0.150. The van der Waals surface area contributed by atoms with Crippen LogP contribution in [0.5, 0.6) is 0 Å². The Morgan fingerprint density at radius 3 is 2.21 bits per heavy atom. The topological polar surface area (TPSA) is 90.0 Å². The molecule has 2 aromatic rings. The average molecular weight is 508 g/mol. The summed E-state index contributed by atoms with van der Waals surface area (Å²) in [5.74, 6) is -2.04. The van der Waals surface area contributed by atoms with Crippen molar-refractivity contribution in [2.45, 2.75) is 44.6 Å². The molecule has 0 spiro atoms. The van der Waals surface area contributed by atoms with Crippen LogP contribution in [0.3, 0.4) is 0 Å². The number of sulfonamides is 1. The quantitative estimate of drug-likeness (QED) is 0.476. The van der Waals surface area contributed by atoms with Crippen LogP contribution < -0.4 is 0 Å². The van der Waals surface area contributed by atoms with Crippen LogP contribution in [0.15, 0.2) is 53.4 Å². The van der Waals surface area contributed by atoms with Gasteiger partial charge in [-0.1, -0.05) is 41.4 Å². The Bertz CT molecular complexity index is 1100. The van der Waals surface area contributed by atoms with Crippen molar-refractivity contribution in [1.29, 1.82) is 0 Å². The predicted molar refractivity (Wildman–Crippen MR) is 129 cm³/mol. The molecular formula is C25H30ClNO6S. The molecule has 7 nitrogen and oxygen atoms in total. The summed E-state index contributed by atoms with van der Waals surface area (Å²) < 4.78 is 38.9. The highest BCUT2D eigenvalue weighted by molar-refractivity contribution is 7.89. The first-order chi connectivity index (χ1) is 16.2. The number of hydrogen-bond acceptors (Lipinski definition) is 6. The van der Waals surface area contributed by atoms with Crippen LogP contribution in [0.25, 0.3) is 0 Å². The Hall–Kier alpha value is -2.42. The van der Waals surface area contributed by atoms with Crippen LogP contribution in [-0.4, -0.2) is 50.5 Å². The van der Waals surface area contributed by atoms with Crippen LogP contribution in [0.1, 0.15) is 31.4 Å². The third-order valence-electron chi connectivity index (χ3n) is 6.01. The number of esters is 2. The van der Waals surface area contributed by atoms with Gasteiger partial charge in [-0.3, -0.25) is 9.59 Å². The SMILES string of the molecule is CCOC(=O)C[C@@H]1[C@@H](Cc2ccc(Cl)cc2)CN(S(=O)(=O)c2ccc(C)cc2)[C@@H]1C(=O)OCC. The Balaban J connectivity index is 2.03. The van der Waals surface area contributed by atoms with E-state index >= 15 is 0 Å². The van der Waals surface area contributed by atoms with E-state index in [4.69, 9.17) is 21.1 Å². The standard InChI is InChI=1S/C25H30ClNO6S/c1-4-32-23(28)15-22-19(14-18-8-10-20(26)11-9-18)16-27(24(22)25(29)33-5-2)34(30,31)21-12-6-17(3)7-13-21/h6-13,19,22,24H,4-5,14-16H2,1-3H3/t19-,22+,24-/m0/s1. The van der Waals surface area contributed by atoms with Gasteiger partial charge in [0.25, 0.3) is 0 Å². The lowest BCUT2D eigenvalue weighted by Crippen LogP contribution is -2.44. The van der Waals surface area contributed by atoms with E-state index in [9.17, 15) is 18.0 Å². The summed E-state index contributed by atoms with van der Waals surface area (Å²) in [4.78, 5) is 25.6. The van der Waals surface area contributed by atoms with E-state index in [1.54, 1.807) is 38.1 Å². The van der Waals surface area contributed by atoms with Crippen molar-refractivity contribution in [3.63, 3.8) is 0 Å². The molecule has 2 aromatic carbocycles. The number of carbonyl (C=O) groups is 2. The Kier molecular flexibility index (Phi) is 8.73. The van der Waals surface area contributed by atoms with Gasteiger partial charge in [0.2, 0.25) is 10.0 Å². The predicted octanol–water partition coefficient (Wildman–Crippen LogP) is 4.01. The van der Waals surface area contributed by atoms with Crippen molar-refractivity contribution in [2.24, 2.45) is 11.8 Å². The smallest absolute Gasteiger partial charge is 0.324 e. The highest BCUT2D eigenvalue weighted by Crippen LogP contribution is 2.39. The number of nitrogens with zero attached hydrogens (tertiary/aromatic N) is 1. The highest BCUT2D eigenvalue weighted by Gasteiger charge is 2.52. The largest absolute Gasteiger partial charge is 0.466 e. The molecule has 0 saturated carbocycles. The fraction of sp³-hybridized carbons (Fsp3) is 0.440. The normalized spacial score (nSPS) is 20.8. The molecule has 1 heterocycles. The number of halogens is 1. The van der Waals surface area contributed by atoms with Crippen molar-refractivity contribution in [2.75, 3.05) is 19.8 Å². The first-order valence-corrected chi connectivity index (χ1v) is 13.1. The first-order valence-electron chi connectivity index (χ1n) is 11.3. The van der Waals surface area contributed by atoms with Gasteiger partial charge < -0.3 is 9.47 Å². The molecule has 1 aliphatic heterocycles. The van der Waals surface area contributed by atoms with Crippen LogP contribution >= 0.6 is 11.6 Å². The molecule has 1 aliphatic rings. The maximum Gasteiger partial charge on any atom is 0.324 e. The number of benzene rings is 2. The van der Waals surface area contributed by atoms with Crippen molar-refractivity contribution in [3.8, 4) is 0 Å². The van der Waals surface area contributed by atoms with Crippen LogP contribution in [0, 0.1) is 18.8 Å². The van der Waals surface area contributed by atoms with Gasteiger partial charge in [-0.25, -0.2) is 8.42 Å². The third-order valence-corrected chi connectivity index (χ3v) is 8.12. The summed E-state index contributed by atoms with van der Waals surface area (Å²) in [7, 11) is -4.02. The summed E-state index contributed by atoms with van der Waals surface area (Å²) in [6.45, 7) is 5.61. The van der Waals surface area contributed by atoms with Crippen molar-refractivity contribution in [1.82, 2.24) is 4.31 Å². The minimum absolute atomic E-state index is 0.0758. The van der Waals surface area contributed by atoms with Gasteiger partial charge in [0.1, 0.15) is 6.04 Å². The van der Waals surface area contributed by atoms with E-state index in [-0.39, 0.29) is 37.0 Å². The molecule has 3 atom stereocenters. The maximum absolute atomic E-state index is 13.6. The number of rotatable bonds is 9. The zero-order valence-electron chi connectivity index (χ0n) is 19.6. The molecule has 0 N–H and O–H groups in total. The Morgan fingerprint density at radius 2 is 1.62 bits per heavy atom. The monoisotopic (exact) mass is 507 g/mol. The van der Waals surface area contributed by atoms with Gasteiger partial charge in [0.05, 0.1) is 24.5 Å². The Labute approximate surface area is 206 Å². The van der Waals surface area contributed by atoms with Crippen molar-refractivity contribution >= 4 is 33.6 Å². The van der Waals surface area contributed by atoms with Crippen LogP contribution in [0.2, 0.25) is 5.02 Å². The van der Waals surface area contributed by atoms with Crippen molar-refractivity contribution < 1.29 is 27.5 Å². The average Bonchev–Trinajstić information content (AvgIpc) is 3.14. The molecule has 0 radical (unpaired) electrons. The number of carbonyl (C=O) groups excluding carboxylic acids is 2. The van der Waals surface area contributed by atoms with Gasteiger partial charge >= 0.3 is 11.9 Å². The highest BCUT2D eigenvalue weighted by atomic mass is 35.5. The van der Waals surface area contributed by atoms with Gasteiger partial charge in [-0.2, -0.15) is 4.31 Å². The van der Waals surface area contributed by atoms with E-state index in [2.05, 4.69) is 0 Å². The molecular weight excluding hydrogens is 478 g/mol. The number of hydrogen-bond donors (Lipinski definition) is 0. The molecule has 184 valence electrons. The molecule has 0 aromatic heterocycles. The van der Waals surface area contributed by atoms with Gasteiger partial charge in [-0.15, -0.1) is 0 Å². The van der Waals surface area contributed by atoms with E-state index in [1.807, 2.05) is 19.1 Å². The summed E-state index contributed by atoms with van der Waals surface area (Å²) in [5, 5.41) is 0.589. The van der Waals surface area contributed by atoms with Crippen LogP contribution in [-0.2, 0) is 35.5 Å². The minimum atomic E-state index is -4.02. The second-order valence-corrected chi connectivity index (χ2v) is 10.7. The third kappa shape index (κ3) is 5.98. The van der Waals surface area contributed by atoms with E-state index in [1.165, 1.54) is 16.4 Å². The van der Waals surface area contributed by atoms with Gasteiger partial charge in [0, 0.05) is 17.5 Å². The summed E-state index contributed by atoms with van der Waals surface area (Å²) in [6.07, 6.45) is 0.382. The van der Waals surface area contributed by atoms with Gasteiger partial charge in [0.15, 0.2) is 0 Å². The summed E-state index contributed by atoms with van der Waals surface area (Å²) in [5.41, 5.74) is 1.85. The minimum Gasteiger partial charge on any atom is -0.466 e. The fourth-order valence-corrected chi connectivity index (χ4v) is 6.20. The summed E-state index contributed by atoms with van der Waals surface area (Å²) >= 11 is 6.01. The van der Waals surface area contributed by atoms with Gasteiger partial charge in [-0.05, 0) is 62.9 Å². The van der Waals surface area contributed by atoms with E-state index < -0.39 is 33.9 Å². The second kappa shape index (κ2) is 11.3. The lowest BCUT2D eigenvalue weighted by Gasteiger charge is -2.26. The summed E-state index contributed by atoms with van der Waals surface area (Å²) in [6, 6.07) is 12.6. The molecule has 0 amide bonds. The van der Waals surface area contributed by atoms with E-state index in [0.717, 1.165) is 11.1 Å². The maximum atomic E-state index is 13.6. The molecule has 1 fully saturated rings. The molecule has 0 aliphatic carbocycles. The molecule has 9 heteroatoms. The Morgan fingerprint density at radius 1 is 1.00 bits per heavy atom. The second-order valence-electron chi connectivity index (χ2n) is 8.35. The van der Waals surface area contributed by atoms with E-state index in [0.29, 0.717) is 11.4 Å². The number of aryl methyl sites for hydroxylation is 1.